The summed E-state index contributed by atoms with van der Waals surface area (Å²) >= 11 is 0. The minimum atomic E-state index is 0. The SMILES string of the molecule is CCc1cccc2c(CCNC(=NC)N3CCC(CN4CCOCC4)C3)c[nH]c12.I. The summed E-state index contributed by atoms with van der Waals surface area (Å²) in [5.74, 6) is 1.77. The lowest BCUT2D eigenvalue weighted by molar-refractivity contribution is 0.0315. The van der Waals surface area contributed by atoms with Gasteiger partial charge in [0.15, 0.2) is 5.96 Å². The average molecular weight is 525 g/mol. The Morgan fingerprint density at radius 3 is 2.83 bits per heavy atom. The first-order valence-electron chi connectivity index (χ1n) is 11.1. The van der Waals surface area contributed by atoms with E-state index in [0.717, 1.165) is 70.7 Å². The highest BCUT2D eigenvalue weighted by atomic mass is 127. The van der Waals surface area contributed by atoms with Crippen molar-refractivity contribution in [2.24, 2.45) is 10.9 Å². The van der Waals surface area contributed by atoms with Crippen LogP contribution >= 0.6 is 24.0 Å². The monoisotopic (exact) mass is 525 g/mol. The molecule has 2 fully saturated rings. The molecule has 2 aliphatic heterocycles. The van der Waals surface area contributed by atoms with E-state index in [1.165, 1.54) is 35.0 Å². The second-order valence-electron chi connectivity index (χ2n) is 8.24. The number of para-hydroxylation sites is 1. The first-order valence-corrected chi connectivity index (χ1v) is 11.1. The van der Waals surface area contributed by atoms with Crippen molar-refractivity contribution in [2.45, 2.75) is 26.2 Å². The number of aromatic nitrogens is 1. The number of halogens is 1. The highest BCUT2D eigenvalue weighted by Crippen LogP contribution is 2.22. The molecule has 1 atom stereocenters. The van der Waals surface area contributed by atoms with E-state index in [-0.39, 0.29) is 24.0 Å². The van der Waals surface area contributed by atoms with E-state index in [1.807, 2.05) is 7.05 Å². The Labute approximate surface area is 197 Å². The lowest BCUT2D eigenvalue weighted by Crippen LogP contribution is -2.42. The van der Waals surface area contributed by atoms with Gasteiger partial charge in [0, 0.05) is 63.4 Å². The lowest BCUT2D eigenvalue weighted by atomic mass is 10.1. The van der Waals surface area contributed by atoms with E-state index in [0.29, 0.717) is 0 Å². The van der Waals surface area contributed by atoms with Crippen LogP contribution < -0.4 is 5.32 Å². The number of hydrogen-bond donors (Lipinski definition) is 2. The molecule has 30 heavy (non-hydrogen) atoms. The van der Waals surface area contributed by atoms with Crippen LogP contribution in [0, 0.1) is 5.92 Å². The van der Waals surface area contributed by atoms with Crippen molar-refractivity contribution in [3.63, 3.8) is 0 Å². The summed E-state index contributed by atoms with van der Waals surface area (Å²) in [7, 11) is 1.90. The fraction of sp³-hybridized carbons (Fsp3) is 0.609. The maximum atomic E-state index is 5.47. The zero-order valence-electron chi connectivity index (χ0n) is 18.3. The van der Waals surface area contributed by atoms with Crippen molar-refractivity contribution in [1.82, 2.24) is 20.1 Å². The second-order valence-corrected chi connectivity index (χ2v) is 8.24. The van der Waals surface area contributed by atoms with Gasteiger partial charge in [-0.15, -0.1) is 24.0 Å². The van der Waals surface area contributed by atoms with Gasteiger partial charge >= 0.3 is 0 Å². The number of fused-ring (bicyclic) bond motifs is 1. The number of aryl methyl sites for hydroxylation is 1. The van der Waals surface area contributed by atoms with Gasteiger partial charge in [0.2, 0.25) is 0 Å². The summed E-state index contributed by atoms with van der Waals surface area (Å²) in [6, 6.07) is 6.61. The Hall–Kier alpha value is -1.32. The standard InChI is InChI=1S/C23H35N5O.HI/c1-3-19-5-4-6-21-20(15-26-22(19)21)7-9-25-23(24-2)28-10-8-18(17-28)16-27-11-13-29-14-12-27;/h4-6,15,18,26H,3,7-14,16-17H2,1-2H3,(H,24,25);1H. The molecule has 2 aromatic rings. The molecule has 0 spiro atoms. The van der Waals surface area contributed by atoms with Gasteiger partial charge < -0.3 is 19.9 Å². The summed E-state index contributed by atoms with van der Waals surface area (Å²) < 4.78 is 5.47. The van der Waals surface area contributed by atoms with E-state index < -0.39 is 0 Å². The van der Waals surface area contributed by atoms with Crippen LogP contribution in [0.4, 0.5) is 0 Å². The Morgan fingerprint density at radius 2 is 2.07 bits per heavy atom. The number of aliphatic imine (C=N–C) groups is 1. The third-order valence-electron chi connectivity index (χ3n) is 6.36. The molecule has 166 valence electrons. The van der Waals surface area contributed by atoms with Crippen LogP contribution in [0.25, 0.3) is 10.9 Å². The van der Waals surface area contributed by atoms with Gasteiger partial charge in [0.05, 0.1) is 13.2 Å². The molecule has 1 aromatic heterocycles. The minimum absolute atomic E-state index is 0. The molecule has 1 aromatic carbocycles. The number of morpholine rings is 1. The molecular weight excluding hydrogens is 489 g/mol. The van der Waals surface area contributed by atoms with Gasteiger partial charge in [-0.1, -0.05) is 25.1 Å². The van der Waals surface area contributed by atoms with Crippen molar-refractivity contribution < 1.29 is 4.74 Å². The van der Waals surface area contributed by atoms with Crippen LogP contribution in [0.15, 0.2) is 29.4 Å². The van der Waals surface area contributed by atoms with Crippen molar-refractivity contribution in [2.75, 3.05) is 59.5 Å². The number of benzene rings is 1. The molecule has 2 aliphatic rings. The first-order chi connectivity index (χ1) is 14.3. The number of ether oxygens (including phenoxy) is 1. The van der Waals surface area contributed by atoms with Gasteiger partial charge in [0.1, 0.15) is 0 Å². The molecule has 6 nitrogen and oxygen atoms in total. The van der Waals surface area contributed by atoms with Gasteiger partial charge in [0.25, 0.3) is 0 Å². The number of aromatic amines is 1. The normalized spacial score (nSPS) is 20.5. The molecule has 0 amide bonds. The van der Waals surface area contributed by atoms with Crippen LogP contribution in [0.2, 0.25) is 0 Å². The Kier molecular flexibility index (Phi) is 8.83. The lowest BCUT2D eigenvalue weighted by Gasteiger charge is -2.29. The number of hydrogen-bond acceptors (Lipinski definition) is 3. The average Bonchev–Trinajstić information content (AvgIpc) is 3.39. The predicted molar refractivity (Wildman–Crippen MR) is 135 cm³/mol. The maximum absolute atomic E-state index is 5.47. The molecule has 4 rings (SSSR count). The van der Waals surface area contributed by atoms with Crippen LogP contribution in [0.5, 0.6) is 0 Å². The van der Waals surface area contributed by atoms with Crippen LogP contribution in [-0.2, 0) is 17.6 Å². The van der Waals surface area contributed by atoms with Crippen LogP contribution in [0.3, 0.4) is 0 Å². The number of rotatable bonds is 6. The van der Waals surface area contributed by atoms with Crippen molar-refractivity contribution in [3.05, 3.63) is 35.5 Å². The Bertz CT molecular complexity index is 830. The molecule has 7 heteroatoms. The number of likely N-dealkylation sites (tertiary alicyclic amines) is 1. The zero-order valence-corrected chi connectivity index (χ0v) is 20.7. The molecule has 0 bridgehead atoms. The van der Waals surface area contributed by atoms with Crippen molar-refractivity contribution in [1.29, 1.82) is 0 Å². The fourth-order valence-electron chi connectivity index (χ4n) is 4.74. The second kappa shape index (κ2) is 11.3. The van der Waals surface area contributed by atoms with Crippen molar-refractivity contribution >= 4 is 40.8 Å². The van der Waals surface area contributed by atoms with Gasteiger partial charge in [-0.2, -0.15) is 0 Å². The summed E-state index contributed by atoms with van der Waals surface area (Å²) in [5, 5.41) is 4.95. The van der Waals surface area contributed by atoms with Gasteiger partial charge in [-0.25, -0.2) is 0 Å². The summed E-state index contributed by atoms with van der Waals surface area (Å²) in [6.07, 6.45) is 5.47. The third kappa shape index (κ3) is 5.48. The molecular formula is C23H36IN5O. The van der Waals surface area contributed by atoms with E-state index in [4.69, 9.17) is 4.74 Å². The molecule has 2 N–H and O–H groups in total. The molecule has 3 heterocycles. The summed E-state index contributed by atoms with van der Waals surface area (Å²) in [6.45, 7) is 10.4. The highest BCUT2D eigenvalue weighted by Gasteiger charge is 2.27. The largest absolute Gasteiger partial charge is 0.379 e. The first kappa shape index (κ1) is 23.3. The number of guanidine groups is 1. The third-order valence-corrected chi connectivity index (χ3v) is 6.36. The molecule has 1 unspecified atom stereocenters. The highest BCUT2D eigenvalue weighted by molar-refractivity contribution is 14.0. The predicted octanol–water partition coefficient (Wildman–Crippen LogP) is 3.12. The van der Waals surface area contributed by atoms with Gasteiger partial charge in [-0.3, -0.25) is 9.89 Å². The topological polar surface area (TPSA) is 55.9 Å². The number of nitrogens with zero attached hydrogens (tertiary/aromatic N) is 3. The van der Waals surface area contributed by atoms with E-state index >= 15 is 0 Å². The van der Waals surface area contributed by atoms with Gasteiger partial charge in [-0.05, 0) is 36.3 Å². The van der Waals surface area contributed by atoms with E-state index in [2.05, 4.69) is 56.4 Å². The number of H-pyrrole nitrogens is 1. The minimum Gasteiger partial charge on any atom is -0.379 e. The van der Waals surface area contributed by atoms with E-state index in [9.17, 15) is 0 Å². The fourth-order valence-corrected chi connectivity index (χ4v) is 4.74. The van der Waals surface area contributed by atoms with Crippen LogP contribution in [0.1, 0.15) is 24.5 Å². The molecule has 2 saturated heterocycles. The number of nitrogens with one attached hydrogen (secondary N) is 2. The summed E-state index contributed by atoms with van der Waals surface area (Å²) in [5.41, 5.74) is 4.06. The van der Waals surface area contributed by atoms with Crippen molar-refractivity contribution in [3.8, 4) is 0 Å². The zero-order chi connectivity index (χ0) is 20.1. The Balaban J connectivity index is 0.00000256. The van der Waals surface area contributed by atoms with Crippen LogP contribution in [-0.4, -0.2) is 80.3 Å². The molecule has 0 radical (unpaired) electrons. The Morgan fingerprint density at radius 1 is 1.23 bits per heavy atom. The van der Waals surface area contributed by atoms with E-state index in [1.54, 1.807) is 0 Å². The maximum Gasteiger partial charge on any atom is 0.193 e. The molecule has 0 saturated carbocycles. The molecule has 0 aliphatic carbocycles. The smallest absolute Gasteiger partial charge is 0.193 e. The quantitative estimate of drug-likeness (QED) is 0.346. The summed E-state index contributed by atoms with van der Waals surface area (Å²) in [4.78, 5) is 13.0.